The van der Waals surface area contributed by atoms with Gasteiger partial charge in [0, 0.05) is 24.3 Å². The molecule has 0 aliphatic rings. The van der Waals surface area contributed by atoms with Gasteiger partial charge in [0.15, 0.2) is 10.4 Å². The minimum absolute atomic E-state index is 0.0182. The molecule has 1 unspecified atom stereocenters. The molecule has 0 fully saturated rings. The van der Waals surface area contributed by atoms with Crippen molar-refractivity contribution in [3.05, 3.63) is 78.6 Å². The lowest BCUT2D eigenvalue weighted by Gasteiger charge is -2.25. The van der Waals surface area contributed by atoms with Crippen molar-refractivity contribution in [2.24, 2.45) is 7.05 Å². The van der Waals surface area contributed by atoms with Crippen molar-refractivity contribution in [3.63, 3.8) is 0 Å². The van der Waals surface area contributed by atoms with E-state index >= 15 is 0 Å². The lowest BCUT2D eigenvalue weighted by Crippen LogP contribution is -2.23. The fraction of sp³-hybridized carbons (Fsp3) is 0.318. The molecule has 0 bridgehead atoms. The molecule has 0 saturated carbocycles. The van der Waals surface area contributed by atoms with Gasteiger partial charge < -0.3 is 19.2 Å². The third-order valence-electron chi connectivity index (χ3n) is 4.82. The average Bonchev–Trinajstić information content (AvgIpc) is 3.08. The van der Waals surface area contributed by atoms with Crippen LogP contribution in [0.2, 0.25) is 10.0 Å². The third kappa shape index (κ3) is 5.03. The van der Waals surface area contributed by atoms with Gasteiger partial charge in [0.1, 0.15) is 5.02 Å². The van der Waals surface area contributed by atoms with Crippen LogP contribution >= 0.6 is 39.1 Å². The fourth-order valence-electron chi connectivity index (χ4n) is 3.42. The maximum atomic E-state index is 12.8. The molecule has 0 aliphatic heterocycles. The maximum Gasteiger partial charge on any atom is 0.358 e. The second-order valence-electron chi connectivity index (χ2n) is 7.42. The molecular weight excluding hydrogens is 519 g/mol. The molecular formula is C22H23BrCl2N4O3. The van der Waals surface area contributed by atoms with Gasteiger partial charge in [-0.15, -0.1) is 0 Å². The minimum Gasteiger partial charge on any atom is -0.461 e. The first-order valence-corrected chi connectivity index (χ1v) is 11.5. The van der Waals surface area contributed by atoms with Gasteiger partial charge in [0.2, 0.25) is 0 Å². The highest BCUT2D eigenvalue weighted by molar-refractivity contribution is 9.10. The van der Waals surface area contributed by atoms with Gasteiger partial charge in [0.05, 0.1) is 24.0 Å². The number of aryl methyl sites for hydroxylation is 1. The van der Waals surface area contributed by atoms with Crippen LogP contribution in [-0.2, 0) is 11.8 Å². The summed E-state index contributed by atoms with van der Waals surface area (Å²) in [4.78, 5) is 29.3. The summed E-state index contributed by atoms with van der Waals surface area (Å²) >= 11 is 15.7. The first-order chi connectivity index (χ1) is 15.1. The molecule has 3 rings (SSSR count). The number of carbonyl (C=O) groups excluding carboxylic acids is 1. The first-order valence-electron chi connectivity index (χ1n) is 9.96. The Bertz CT molecular complexity index is 1160. The normalized spacial score (nSPS) is 12.1. The van der Waals surface area contributed by atoms with E-state index in [0.717, 1.165) is 5.56 Å². The second-order valence-corrected chi connectivity index (χ2v) is 8.97. The zero-order valence-electron chi connectivity index (χ0n) is 18.0. The first kappa shape index (κ1) is 24.4. The van der Waals surface area contributed by atoms with Crippen molar-refractivity contribution in [2.75, 3.05) is 11.9 Å². The number of carbonyl (C=O) groups is 1. The molecule has 10 heteroatoms. The Morgan fingerprint density at radius 3 is 2.47 bits per heavy atom. The van der Waals surface area contributed by atoms with Crippen molar-refractivity contribution in [1.29, 1.82) is 0 Å². The number of anilines is 1. The lowest BCUT2D eigenvalue weighted by atomic mass is 10.0. The molecule has 0 saturated heterocycles. The van der Waals surface area contributed by atoms with Gasteiger partial charge in [0.25, 0.3) is 5.56 Å². The van der Waals surface area contributed by atoms with Crippen LogP contribution in [0.15, 0.2) is 46.1 Å². The number of ether oxygens (including phenoxy) is 1. The summed E-state index contributed by atoms with van der Waals surface area (Å²) in [6.45, 7) is 5.95. The quantitative estimate of drug-likeness (QED) is 0.393. The minimum atomic E-state index is -0.526. The SMILES string of the molecule is CCOC(=O)c1nc(Br)n(C(C)C)c1C(Nc1cc(Cl)c(=O)n(C)c1)c1ccc(Cl)cc1. The van der Waals surface area contributed by atoms with E-state index in [4.69, 9.17) is 27.9 Å². The summed E-state index contributed by atoms with van der Waals surface area (Å²) in [7, 11) is 1.62. The number of halogens is 3. The van der Waals surface area contributed by atoms with Crippen LogP contribution in [0.25, 0.3) is 0 Å². The Kier molecular flexibility index (Phi) is 7.69. The van der Waals surface area contributed by atoms with Crippen LogP contribution in [-0.4, -0.2) is 26.7 Å². The number of hydrogen-bond donors (Lipinski definition) is 1. The van der Waals surface area contributed by atoms with E-state index in [1.807, 2.05) is 30.5 Å². The van der Waals surface area contributed by atoms with Crippen molar-refractivity contribution >= 4 is 50.8 Å². The predicted molar refractivity (Wildman–Crippen MR) is 130 cm³/mol. The third-order valence-corrected chi connectivity index (χ3v) is 5.90. The number of benzene rings is 1. The molecule has 1 atom stereocenters. The molecule has 1 N–H and O–H groups in total. The van der Waals surface area contributed by atoms with Crippen molar-refractivity contribution in [2.45, 2.75) is 32.9 Å². The largest absolute Gasteiger partial charge is 0.461 e. The van der Waals surface area contributed by atoms with Crippen LogP contribution < -0.4 is 10.9 Å². The van der Waals surface area contributed by atoms with Gasteiger partial charge in [-0.1, -0.05) is 35.3 Å². The van der Waals surface area contributed by atoms with Gasteiger partial charge in [-0.3, -0.25) is 4.79 Å². The van der Waals surface area contributed by atoms with E-state index in [9.17, 15) is 9.59 Å². The monoisotopic (exact) mass is 540 g/mol. The number of hydrogen-bond acceptors (Lipinski definition) is 5. The molecule has 0 spiro atoms. The highest BCUT2D eigenvalue weighted by Crippen LogP contribution is 2.34. The molecule has 2 aromatic heterocycles. The molecule has 1 aromatic carbocycles. The van der Waals surface area contributed by atoms with Crippen molar-refractivity contribution < 1.29 is 9.53 Å². The van der Waals surface area contributed by atoms with Gasteiger partial charge in [-0.25, -0.2) is 9.78 Å². The van der Waals surface area contributed by atoms with E-state index in [0.29, 0.717) is 21.1 Å². The summed E-state index contributed by atoms with van der Waals surface area (Å²) in [5, 5.41) is 4.07. The van der Waals surface area contributed by atoms with Crippen LogP contribution in [0.4, 0.5) is 5.69 Å². The van der Waals surface area contributed by atoms with E-state index in [1.54, 1.807) is 38.4 Å². The Hall–Kier alpha value is -2.29. The summed E-state index contributed by atoms with van der Waals surface area (Å²) in [5.41, 5.74) is 1.93. The fourth-order valence-corrected chi connectivity index (χ4v) is 4.57. The molecule has 3 aromatic rings. The highest BCUT2D eigenvalue weighted by atomic mass is 79.9. The summed E-state index contributed by atoms with van der Waals surface area (Å²) in [5.74, 6) is -0.526. The van der Waals surface area contributed by atoms with Gasteiger partial charge in [-0.05, 0) is 60.5 Å². The lowest BCUT2D eigenvalue weighted by molar-refractivity contribution is 0.0518. The standard InChI is InChI=1S/C22H23BrCl2N4O3/c1-5-32-21(31)18-19(29(12(2)3)22(23)27-18)17(13-6-8-14(24)9-7-13)26-15-10-16(25)20(30)28(4)11-15/h6-12,17,26H,5H2,1-4H3. The Morgan fingerprint density at radius 1 is 1.25 bits per heavy atom. The summed E-state index contributed by atoms with van der Waals surface area (Å²) in [6.07, 6.45) is 1.65. The van der Waals surface area contributed by atoms with Crippen molar-refractivity contribution in [3.8, 4) is 0 Å². The summed E-state index contributed by atoms with van der Waals surface area (Å²) in [6, 6.07) is 8.29. The number of nitrogens with zero attached hydrogens (tertiary/aromatic N) is 3. The summed E-state index contributed by atoms with van der Waals surface area (Å²) < 4.78 is 9.09. The van der Waals surface area contributed by atoms with Crippen LogP contribution in [0.3, 0.4) is 0 Å². The zero-order valence-corrected chi connectivity index (χ0v) is 21.1. The zero-order chi connectivity index (χ0) is 23.6. The van der Waals surface area contributed by atoms with Crippen LogP contribution in [0.1, 0.15) is 54.6 Å². The second kappa shape index (κ2) is 10.1. The molecule has 32 heavy (non-hydrogen) atoms. The van der Waals surface area contributed by atoms with Crippen LogP contribution in [0.5, 0.6) is 0 Å². The molecule has 0 aliphatic carbocycles. The predicted octanol–water partition coefficient (Wildman–Crippen LogP) is 5.61. The van der Waals surface area contributed by atoms with Crippen molar-refractivity contribution in [1.82, 2.24) is 14.1 Å². The Morgan fingerprint density at radius 2 is 1.91 bits per heavy atom. The number of nitrogens with one attached hydrogen (secondary N) is 1. The molecule has 7 nitrogen and oxygen atoms in total. The number of aromatic nitrogens is 3. The number of imidazole rings is 1. The highest BCUT2D eigenvalue weighted by Gasteiger charge is 2.31. The smallest absolute Gasteiger partial charge is 0.358 e. The maximum absolute atomic E-state index is 12.8. The number of pyridine rings is 1. The molecule has 2 heterocycles. The molecule has 170 valence electrons. The van der Waals surface area contributed by atoms with Gasteiger partial charge >= 0.3 is 5.97 Å². The van der Waals surface area contributed by atoms with E-state index in [-0.39, 0.29) is 28.9 Å². The molecule has 0 amide bonds. The van der Waals surface area contributed by atoms with E-state index in [1.165, 1.54) is 4.57 Å². The topological polar surface area (TPSA) is 78.2 Å². The van der Waals surface area contributed by atoms with Gasteiger partial charge in [-0.2, -0.15) is 0 Å². The Balaban J connectivity index is 2.25. The Labute approximate surface area is 204 Å². The van der Waals surface area contributed by atoms with E-state index in [2.05, 4.69) is 26.2 Å². The number of esters is 1. The number of rotatable bonds is 7. The van der Waals surface area contributed by atoms with E-state index < -0.39 is 12.0 Å². The molecule has 0 radical (unpaired) electrons. The average molecular weight is 542 g/mol. The van der Waals surface area contributed by atoms with Crippen LogP contribution in [0, 0.1) is 0 Å².